The molecule has 0 aliphatic carbocycles. The lowest BCUT2D eigenvalue weighted by molar-refractivity contribution is -0.0770. The van der Waals surface area contributed by atoms with Gasteiger partial charge in [-0.3, -0.25) is 9.69 Å². The molecule has 2 aliphatic rings. The summed E-state index contributed by atoms with van der Waals surface area (Å²) in [5.74, 6) is 2.09. The Morgan fingerprint density at radius 2 is 1.86 bits per heavy atom. The summed E-state index contributed by atoms with van der Waals surface area (Å²) >= 11 is 0. The molecule has 0 radical (unpaired) electrons. The van der Waals surface area contributed by atoms with Crippen molar-refractivity contribution >= 4 is 5.91 Å². The minimum absolute atomic E-state index is 0.00359. The van der Waals surface area contributed by atoms with Crippen LogP contribution in [0.3, 0.4) is 0 Å². The van der Waals surface area contributed by atoms with Crippen LogP contribution in [-0.2, 0) is 17.7 Å². The molecule has 0 saturated carbocycles. The monoisotopic (exact) mass is 382 g/mol. The Kier molecular flexibility index (Phi) is 5.83. The first-order chi connectivity index (χ1) is 13.7. The predicted molar refractivity (Wildman–Crippen MR) is 108 cm³/mol. The van der Waals surface area contributed by atoms with Crippen LogP contribution in [0.1, 0.15) is 54.5 Å². The minimum atomic E-state index is -0.0233. The van der Waals surface area contributed by atoms with Crippen LogP contribution < -0.4 is 5.32 Å². The number of likely N-dealkylation sites (tertiary alicyclic amines) is 1. The Hall–Kier alpha value is -2.11. The molecule has 0 bridgehead atoms. The zero-order valence-corrected chi connectivity index (χ0v) is 16.7. The van der Waals surface area contributed by atoms with E-state index in [2.05, 4.69) is 29.3 Å². The van der Waals surface area contributed by atoms with E-state index < -0.39 is 0 Å². The Morgan fingerprint density at radius 3 is 2.57 bits per heavy atom. The molecule has 2 aromatic rings. The van der Waals surface area contributed by atoms with Gasteiger partial charge in [0.25, 0.3) is 5.91 Å². The van der Waals surface area contributed by atoms with Crippen molar-refractivity contribution in [2.75, 3.05) is 19.6 Å². The molecule has 2 saturated heterocycles. The Labute approximate surface area is 167 Å². The lowest BCUT2D eigenvalue weighted by atomic mass is 9.88. The van der Waals surface area contributed by atoms with Crippen molar-refractivity contribution in [3.63, 3.8) is 0 Å². The number of piperidine rings is 1. The maximum atomic E-state index is 12.2. The van der Waals surface area contributed by atoms with Gasteiger partial charge in [0.2, 0.25) is 0 Å². The van der Waals surface area contributed by atoms with Gasteiger partial charge in [0.1, 0.15) is 11.5 Å². The summed E-state index contributed by atoms with van der Waals surface area (Å²) in [6, 6.07) is 13.5. The molecule has 1 spiro atoms. The summed E-state index contributed by atoms with van der Waals surface area (Å²) in [6.07, 6.45) is 5.28. The molecule has 150 valence electrons. The summed E-state index contributed by atoms with van der Waals surface area (Å²) in [5, 5.41) is 3.03. The van der Waals surface area contributed by atoms with E-state index in [-0.39, 0.29) is 17.6 Å². The summed E-state index contributed by atoms with van der Waals surface area (Å²) in [5.41, 5.74) is 0.698. The molecule has 3 heterocycles. The third kappa shape index (κ3) is 4.47. The van der Waals surface area contributed by atoms with E-state index >= 15 is 0 Å². The Balaban J connectivity index is 1.22. The van der Waals surface area contributed by atoms with E-state index in [9.17, 15) is 4.79 Å². The second kappa shape index (κ2) is 8.50. The average Bonchev–Trinajstić information content (AvgIpc) is 3.36. The second-order valence-electron chi connectivity index (χ2n) is 8.04. The van der Waals surface area contributed by atoms with E-state index in [0.29, 0.717) is 12.1 Å². The highest BCUT2D eigenvalue weighted by Gasteiger charge is 2.42. The first-order valence-corrected chi connectivity index (χ1v) is 10.5. The molecule has 5 heteroatoms. The molecule has 2 fully saturated rings. The van der Waals surface area contributed by atoms with E-state index in [0.717, 1.165) is 63.3 Å². The van der Waals surface area contributed by atoms with Crippen molar-refractivity contribution in [1.29, 1.82) is 0 Å². The number of hydrogen-bond donors (Lipinski definition) is 1. The SMILES string of the molecule is CCc1ccc(CN2CCC3(CCC(CNC(=O)c4ccccc4)O3)CC2)o1. The first kappa shape index (κ1) is 19.2. The Morgan fingerprint density at radius 1 is 1.11 bits per heavy atom. The van der Waals surface area contributed by atoms with Crippen molar-refractivity contribution in [2.24, 2.45) is 0 Å². The van der Waals surface area contributed by atoms with Gasteiger partial charge in [-0.1, -0.05) is 25.1 Å². The molecular formula is C23H30N2O3. The van der Waals surface area contributed by atoms with Crippen LogP contribution in [0, 0.1) is 0 Å². The molecule has 5 nitrogen and oxygen atoms in total. The van der Waals surface area contributed by atoms with Gasteiger partial charge in [-0.15, -0.1) is 0 Å². The quantitative estimate of drug-likeness (QED) is 0.826. The number of furan rings is 1. The number of aryl methyl sites for hydroxylation is 1. The van der Waals surface area contributed by atoms with Gasteiger partial charge in [0.05, 0.1) is 18.2 Å². The van der Waals surface area contributed by atoms with Gasteiger partial charge < -0.3 is 14.5 Å². The van der Waals surface area contributed by atoms with Crippen LogP contribution in [0.15, 0.2) is 46.9 Å². The fraction of sp³-hybridized carbons (Fsp3) is 0.522. The average molecular weight is 383 g/mol. The summed E-state index contributed by atoms with van der Waals surface area (Å²) in [4.78, 5) is 14.7. The van der Waals surface area contributed by atoms with Crippen molar-refractivity contribution in [2.45, 2.75) is 57.3 Å². The van der Waals surface area contributed by atoms with Crippen LogP contribution in [0.2, 0.25) is 0 Å². The highest BCUT2D eigenvalue weighted by molar-refractivity contribution is 5.94. The molecular weight excluding hydrogens is 352 g/mol. The van der Waals surface area contributed by atoms with Crippen molar-refractivity contribution < 1.29 is 13.9 Å². The smallest absolute Gasteiger partial charge is 0.251 e. The number of carbonyl (C=O) groups excluding carboxylic acids is 1. The molecule has 1 atom stereocenters. The number of ether oxygens (including phenoxy) is 1. The number of rotatable bonds is 6. The lowest BCUT2D eigenvalue weighted by Crippen LogP contribution is -2.44. The fourth-order valence-corrected chi connectivity index (χ4v) is 4.34. The van der Waals surface area contributed by atoms with Crippen molar-refractivity contribution in [1.82, 2.24) is 10.2 Å². The predicted octanol–water partition coefficient (Wildman–Crippen LogP) is 3.79. The molecule has 4 rings (SSSR count). The van der Waals surface area contributed by atoms with Crippen LogP contribution in [-0.4, -0.2) is 42.1 Å². The molecule has 1 N–H and O–H groups in total. The summed E-state index contributed by atoms with van der Waals surface area (Å²) < 4.78 is 12.3. The molecule has 1 amide bonds. The molecule has 2 aliphatic heterocycles. The molecule has 1 unspecified atom stereocenters. The van der Waals surface area contributed by atoms with Crippen LogP contribution >= 0.6 is 0 Å². The summed E-state index contributed by atoms with van der Waals surface area (Å²) in [6.45, 7) is 5.65. The highest BCUT2D eigenvalue weighted by atomic mass is 16.5. The van der Waals surface area contributed by atoms with E-state index in [4.69, 9.17) is 9.15 Å². The number of amides is 1. The van der Waals surface area contributed by atoms with Gasteiger partial charge in [0, 0.05) is 31.6 Å². The lowest BCUT2D eigenvalue weighted by Gasteiger charge is -2.39. The van der Waals surface area contributed by atoms with E-state index in [1.165, 1.54) is 0 Å². The highest BCUT2D eigenvalue weighted by Crippen LogP contribution is 2.39. The maximum Gasteiger partial charge on any atom is 0.251 e. The topological polar surface area (TPSA) is 54.7 Å². The zero-order valence-electron chi connectivity index (χ0n) is 16.7. The number of hydrogen-bond acceptors (Lipinski definition) is 4. The van der Waals surface area contributed by atoms with E-state index in [1.54, 1.807) is 0 Å². The van der Waals surface area contributed by atoms with Crippen LogP contribution in [0.4, 0.5) is 0 Å². The van der Waals surface area contributed by atoms with Crippen molar-refractivity contribution in [3.8, 4) is 0 Å². The molecule has 1 aromatic heterocycles. The largest absolute Gasteiger partial charge is 0.465 e. The minimum Gasteiger partial charge on any atom is -0.465 e. The molecule has 28 heavy (non-hydrogen) atoms. The standard InChI is InChI=1S/C23H30N2O3/c1-2-19-8-9-21(27-19)17-25-14-12-23(13-15-25)11-10-20(28-23)16-24-22(26)18-6-4-3-5-7-18/h3-9,20H,2,10-17H2,1H3,(H,24,26). The number of carbonyl (C=O) groups is 1. The summed E-state index contributed by atoms with van der Waals surface area (Å²) in [7, 11) is 0. The third-order valence-electron chi connectivity index (χ3n) is 6.08. The fourth-order valence-electron chi connectivity index (χ4n) is 4.34. The maximum absolute atomic E-state index is 12.2. The Bertz CT molecular complexity index is 778. The second-order valence-corrected chi connectivity index (χ2v) is 8.04. The van der Waals surface area contributed by atoms with E-state index in [1.807, 2.05) is 30.3 Å². The molecule has 1 aromatic carbocycles. The van der Waals surface area contributed by atoms with Gasteiger partial charge in [-0.05, 0) is 49.9 Å². The van der Waals surface area contributed by atoms with Crippen molar-refractivity contribution in [3.05, 3.63) is 59.5 Å². The van der Waals surface area contributed by atoms with Crippen LogP contribution in [0.25, 0.3) is 0 Å². The van der Waals surface area contributed by atoms with Gasteiger partial charge in [0.15, 0.2) is 0 Å². The first-order valence-electron chi connectivity index (χ1n) is 10.5. The number of benzene rings is 1. The van der Waals surface area contributed by atoms with Gasteiger partial charge >= 0.3 is 0 Å². The number of nitrogens with one attached hydrogen (secondary N) is 1. The third-order valence-corrected chi connectivity index (χ3v) is 6.08. The van der Waals surface area contributed by atoms with Crippen LogP contribution in [0.5, 0.6) is 0 Å². The zero-order chi connectivity index (χ0) is 19.4. The van der Waals surface area contributed by atoms with Gasteiger partial charge in [-0.2, -0.15) is 0 Å². The normalized spacial score (nSPS) is 21.8. The van der Waals surface area contributed by atoms with Gasteiger partial charge in [-0.25, -0.2) is 0 Å². The number of nitrogens with zero attached hydrogens (tertiary/aromatic N) is 1.